The molecule has 2 fully saturated rings. The first-order valence-electron chi connectivity index (χ1n) is 8.28. The lowest BCUT2D eigenvalue weighted by atomic mass is 10.1. The largest absolute Gasteiger partial charge is 0.370 e. The van der Waals surface area contributed by atoms with Gasteiger partial charge >= 0.3 is 0 Å². The molecule has 0 aliphatic carbocycles. The van der Waals surface area contributed by atoms with Crippen molar-refractivity contribution in [2.75, 3.05) is 29.9 Å². The molecule has 0 radical (unpaired) electrons. The van der Waals surface area contributed by atoms with E-state index in [1.165, 1.54) is 19.3 Å². The number of nitrogens with two attached hydrogens (primary N) is 1. The van der Waals surface area contributed by atoms with Crippen molar-refractivity contribution in [1.29, 1.82) is 0 Å². The molecule has 7 heteroatoms. The standard InChI is InChI=1S/C17H25N3O2.2ClH/c18-12-13-8-9-16(22-13)17(21)19-14-6-2-3-7-15(14)20-10-4-1-5-11-20;;/h2-3,6-7,13,16H,1,4-5,8-12,18H2,(H,19,21);2*1H/t13-,16+;;/m1../s1. The summed E-state index contributed by atoms with van der Waals surface area (Å²) in [5, 5.41) is 3.05. The van der Waals surface area contributed by atoms with Gasteiger partial charge in [0, 0.05) is 19.6 Å². The van der Waals surface area contributed by atoms with Gasteiger partial charge in [-0.3, -0.25) is 4.79 Å². The van der Waals surface area contributed by atoms with E-state index in [0.29, 0.717) is 6.54 Å². The number of hydrogen-bond donors (Lipinski definition) is 2. The highest BCUT2D eigenvalue weighted by Crippen LogP contribution is 2.29. The Morgan fingerprint density at radius 3 is 2.54 bits per heavy atom. The Labute approximate surface area is 156 Å². The third-order valence-corrected chi connectivity index (χ3v) is 4.52. The molecular weight excluding hydrogens is 349 g/mol. The molecule has 136 valence electrons. The van der Waals surface area contributed by atoms with E-state index in [0.717, 1.165) is 37.3 Å². The molecule has 2 atom stereocenters. The van der Waals surface area contributed by atoms with Gasteiger partial charge in [0.05, 0.1) is 17.5 Å². The van der Waals surface area contributed by atoms with Crippen molar-refractivity contribution in [2.24, 2.45) is 5.73 Å². The predicted molar refractivity (Wildman–Crippen MR) is 103 cm³/mol. The fourth-order valence-corrected chi connectivity index (χ4v) is 3.28. The molecule has 1 aromatic rings. The maximum atomic E-state index is 12.4. The van der Waals surface area contributed by atoms with E-state index in [4.69, 9.17) is 10.5 Å². The highest BCUT2D eigenvalue weighted by molar-refractivity contribution is 5.97. The van der Waals surface area contributed by atoms with Gasteiger partial charge in [0.1, 0.15) is 6.10 Å². The second-order valence-electron chi connectivity index (χ2n) is 6.11. The molecule has 0 bridgehead atoms. The van der Waals surface area contributed by atoms with Gasteiger partial charge in [-0.25, -0.2) is 0 Å². The van der Waals surface area contributed by atoms with E-state index in [-0.39, 0.29) is 42.9 Å². The summed E-state index contributed by atoms with van der Waals surface area (Å²) in [6.45, 7) is 2.60. The van der Waals surface area contributed by atoms with E-state index >= 15 is 0 Å². The van der Waals surface area contributed by atoms with Gasteiger partial charge < -0.3 is 20.7 Å². The number of hydrogen-bond acceptors (Lipinski definition) is 4. The Balaban J connectivity index is 0.00000144. The van der Waals surface area contributed by atoms with Gasteiger partial charge in [-0.2, -0.15) is 0 Å². The first-order chi connectivity index (χ1) is 10.8. The zero-order valence-corrected chi connectivity index (χ0v) is 15.4. The topological polar surface area (TPSA) is 67.6 Å². The summed E-state index contributed by atoms with van der Waals surface area (Å²) in [4.78, 5) is 14.8. The molecule has 0 unspecified atom stereocenters. The lowest BCUT2D eigenvalue weighted by Gasteiger charge is -2.30. The van der Waals surface area contributed by atoms with Gasteiger partial charge in [-0.15, -0.1) is 24.8 Å². The number of ether oxygens (including phenoxy) is 1. The van der Waals surface area contributed by atoms with E-state index in [1.807, 2.05) is 18.2 Å². The molecule has 24 heavy (non-hydrogen) atoms. The first-order valence-corrected chi connectivity index (χ1v) is 8.28. The second kappa shape index (κ2) is 10.1. The monoisotopic (exact) mass is 375 g/mol. The van der Waals surface area contributed by atoms with Crippen LogP contribution in [0.3, 0.4) is 0 Å². The molecule has 2 heterocycles. The number of benzene rings is 1. The number of halogens is 2. The van der Waals surface area contributed by atoms with Crippen LogP contribution in [0.5, 0.6) is 0 Å². The normalized spacial score (nSPS) is 23.1. The number of carbonyl (C=O) groups excluding carboxylic acids is 1. The zero-order valence-electron chi connectivity index (χ0n) is 13.8. The van der Waals surface area contributed by atoms with E-state index in [9.17, 15) is 4.79 Å². The van der Waals surface area contributed by atoms with Crippen LogP contribution < -0.4 is 16.0 Å². The summed E-state index contributed by atoms with van der Waals surface area (Å²) in [7, 11) is 0. The van der Waals surface area contributed by atoms with Gasteiger partial charge in [0.15, 0.2) is 0 Å². The maximum Gasteiger partial charge on any atom is 0.253 e. The molecule has 2 aliphatic rings. The molecule has 0 saturated carbocycles. The Kier molecular flexibility index (Phi) is 8.84. The number of carbonyl (C=O) groups is 1. The van der Waals surface area contributed by atoms with Crippen molar-refractivity contribution in [1.82, 2.24) is 0 Å². The average Bonchev–Trinajstić information content (AvgIpc) is 3.05. The van der Waals surface area contributed by atoms with Crippen LogP contribution in [-0.2, 0) is 9.53 Å². The molecule has 2 saturated heterocycles. The number of amides is 1. The minimum absolute atomic E-state index is 0. The molecule has 1 amide bonds. The molecule has 3 N–H and O–H groups in total. The summed E-state index contributed by atoms with van der Waals surface area (Å²) in [6.07, 6.45) is 4.98. The number of piperidine rings is 1. The van der Waals surface area contributed by atoms with Crippen molar-refractivity contribution >= 4 is 42.1 Å². The minimum Gasteiger partial charge on any atom is -0.370 e. The van der Waals surface area contributed by atoms with Crippen molar-refractivity contribution < 1.29 is 9.53 Å². The minimum atomic E-state index is -0.372. The van der Waals surface area contributed by atoms with Crippen molar-refractivity contribution in [2.45, 2.75) is 44.3 Å². The fraction of sp³-hybridized carbons (Fsp3) is 0.588. The van der Waals surface area contributed by atoms with Crippen molar-refractivity contribution in [3.05, 3.63) is 24.3 Å². The van der Waals surface area contributed by atoms with Crippen molar-refractivity contribution in [3.63, 3.8) is 0 Å². The fourth-order valence-electron chi connectivity index (χ4n) is 3.28. The Morgan fingerprint density at radius 1 is 1.17 bits per heavy atom. The third kappa shape index (κ3) is 4.99. The Bertz CT molecular complexity index is 524. The first kappa shape index (κ1) is 21.0. The second-order valence-corrected chi connectivity index (χ2v) is 6.11. The summed E-state index contributed by atoms with van der Waals surface area (Å²) in [5.41, 5.74) is 7.61. The highest BCUT2D eigenvalue weighted by atomic mass is 35.5. The van der Waals surface area contributed by atoms with Crippen LogP contribution in [0.25, 0.3) is 0 Å². The number of anilines is 2. The van der Waals surface area contributed by atoms with Crippen LogP contribution in [-0.4, -0.2) is 37.7 Å². The summed E-state index contributed by atoms with van der Waals surface area (Å²) in [6, 6.07) is 8.04. The lowest BCUT2D eigenvalue weighted by Crippen LogP contribution is -2.32. The predicted octanol–water partition coefficient (Wildman–Crippen LogP) is 2.97. The molecule has 1 aromatic carbocycles. The van der Waals surface area contributed by atoms with Crippen LogP contribution in [0.2, 0.25) is 0 Å². The van der Waals surface area contributed by atoms with Crippen LogP contribution in [0.1, 0.15) is 32.1 Å². The molecule has 2 aliphatic heterocycles. The van der Waals surface area contributed by atoms with E-state index < -0.39 is 0 Å². The number of para-hydroxylation sites is 2. The lowest BCUT2D eigenvalue weighted by molar-refractivity contribution is -0.126. The highest BCUT2D eigenvalue weighted by Gasteiger charge is 2.30. The molecule has 5 nitrogen and oxygen atoms in total. The van der Waals surface area contributed by atoms with Crippen LogP contribution in [0, 0.1) is 0 Å². The molecule has 0 aromatic heterocycles. The maximum absolute atomic E-state index is 12.4. The van der Waals surface area contributed by atoms with Gasteiger partial charge in [0.2, 0.25) is 0 Å². The van der Waals surface area contributed by atoms with Crippen molar-refractivity contribution in [3.8, 4) is 0 Å². The number of rotatable bonds is 4. The smallest absolute Gasteiger partial charge is 0.253 e. The molecule has 3 rings (SSSR count). The zero-order chi connectivity index (χ0) is 15.4. The number of nitrogens with one attached hydrogen (secondary N) is 1. The van der Waals surface area contributed by atoms with Crippen LogP contribution in [0.4, 0.5) is 11.4 Å². The quantitative estimate of drug-likeness (QED) is 0.848. The van der Waals surface area contributed by atoms with Crippen LogP contribution >= 0.6 is 24.8 Å². The third-order valence-electron chi connectivity index (χ3n) is 4.52. The number of nitrogens with zero attached hydrogens (tertiary/aromatic N) is 1. The van der Waals surface area contributed by atoms with Gasteiger partial charge in [-0.1, -0.05) is 12.1 Å². The van der Waals surface area contributed by atoms with Crippen LogP contribution in [0.15, 0.2) is 24.3 Å². The van der Waals surface area contributed by atoms with Gasteiger partial charge in [-0.05, 0) is 44.2 Å². The SMILES string of the molecule is Cl.Cl.NC[C@H]1CC[C@@H](C(=O)Nc2ccccc2N2CCCCC2)O1. The summed E-state index contributed by atoms with van der Waals surface area (Å²) in [5.74, 6) is -0.0552. The summed E-state index contributed by atoms with van der Waals surface area (Å²) < 4.78 is 5.68. The van der Waals surface area contributed by atoms with E-state index in [1.54, 1.807) is 0 Å². The summed E-state index contributed by atoms with van der Waals surface area (Å²) >= 11 is 0. The Hall–Kier alpha value is -1.01. The molecule has 0 spiro atoms. The van der Waals surface area contributed by atoms with E-state index in [2.05, 4.69) is 16.3 Å². The van der Waals surface area contributed by atoms with Gasteiger partial charge in [0.25, 0.3) is 5.91 Å². The average molecular weight is 376 g/mol. The Morgan fingerprint density at radius 2 is 1.88 bits per heavy atom. The molecular formula is C17H27Cl2N3O2.